The van der Waals surface area contributed by atoms with Crippen molar-refractivity contribution in [2.45, 2.75) is 13.8 Å². The van der Waals surface area contributed by atoms with E-state index in [-0.39, 0.29) is 24.0 Å². The van der Waals surface area contributed by atoms with Crippen molar-refractivity contribution in [3.05, 3.63) is 41.2 Å². The molecule has 0 unspecified atom stereocenters. The number of ether oxygens (including phenoxy) is 1. The van der Waals surface area contributed by atoms with E-state index in [0.717, 1.165) is 0 Å². The van der Waals surface area contributed by atoms with Gasteiger partial charge in [-0.1, -0.05) is 13.8 Å². The zero-order valence-electron chi connectivity index (χ0n) is 12.8. The molecule has 1 heterocycles. The van der Waals surface area contributed by atoms with Gasteiger partial charge in [0.1, 0.15) is 10.8 Å². The third-order valence-corrected chi connectivity index (χ3v) is 3.74. The predicted molar refractivity (Wildman–Crippen MR) is 85.6 cm³/mol. The van der Waals surface area contributed by atoms with Crippen LogP contribution in [0.1, 0.15) is 24.3 Å². The summed E-state index contributed by atoms with van der Waals surface area (Å²) >= 11 is 1.25. The molecule has 7 heteroatoms. The topological polar surface area (TPSA) is 68.3 Å². The van der Waals surface area contributed by atoms with Crippen LogP contribution in [0.3, 0.4) is 0 Å². The van der Waals surface area contributed by atoms with E-state index < -0.39 is 5.97 Å². The van der Waals surface area contributed by atoms with Gasteiger partial charge in [-0.05, 0) is 30.2 Å². The minimum atomic E-state index is -0.658. The third kappa shape index (κ3) is 5.14. The first-order valence-electron chi connectivity index (χ1n) is 7.11. The lowest BCUT2D eigenvalue weighted by Gasteiger charge is -2.07. The van der Waals surface area contributed by atoms with Crippen LogP contribution in [-0.2, 0) is 9.53 Å². The van der Waals surface area contributed by atoms with Crippen LogP contribution in [0.2, 0.25) is 0 Å². The average Bonchev–Trinajstić information content (AvgIpc) is 3.01. The van der Waals surface area contributed by atoms with Crippen molar-refractivity contribution in [3.63, 3.8) is 0 Å². The summed E-state index contributed by atoms with van der Waals surface area (Å²) in [5.41, 5.74) is 0.844. The zero-order chi connectivity index (χ0) is 16.8. The quantitative estimate of drug-likeness (QED) is 0.824. The maximum Gasteiger partial charge on any atom is 0.358 e. The number of halogens is 1. The lowest BCUT2D eigenvalue weighted by atomic mass is 10.2. The molecule has 2 aromatic rings. The van der Waals surface area contributed by atoms with Crippen LogP contribution in [0.15, 0.2) is 29.6 Å². The molecule has 0 radical (unpaired) electrons. The van der Waals surface area contributed by atoms with Gasteiger partial charge in [0.25, 0.3) is 5.91 Å². The van der Waals surface area contributed by atoms with Crippen LogP contribution in [0.25, 0.3) is 10.6 Å². The first-order valence-corrected chi connectivity index (χ1v) is 7.99. The van der Waals surface area contributed by atoms with E-state index in [4.69, 9.17) is 4.74 Å². The Morgan fingerprint density at radius 1 is 1.30 bits per heavy atom. The predicted octanol–water partition coefficient (Wildman–Crippen LogP) is 2.88. The SMILES string of the molecule is CC(C)CNC(=O)COC(=O)c1csc(-c2ccc(F)cc2)n1. The number of amides is 1. The highest BCUT2D eigenvalue weighted by Gasteiger charge is 2.15. The van der Waals surface area contributed by atoms with E-state index in [2.05, 4.69) is 10.3 Å². The van der Waals surface area contributed by atoms with Crippen molar-refractivity contribution in [2.24, 2.45) is 5.92 Å². The van der Waals surface area contributed by atoms with E-state index in [1.165, 1.54) is 23.5 Å². The summed E-state index contributed by atoms with van der Waals surface area (Å²) in [6.45, 7) is 4.13. The van der Waals surface area contributed by atoms with Gasteiger partial charge in [-0.2, -0.15) is 0 Å². The Morgan fingerprint density at radius 2 is 2.00 bits per heavy atom. The molecule has 23 heavy (non-hydrogen) atoms. The number of carbonyl (C=O) groups is 2. The monoisotopic (exact) mass is 336 g/mol. The van der Waals surface area contributed by atoms with E-state index in [1.54, 1.807) is 17.5 Å². The largest absolute Gasteiger partial charge is 0.451 e. The minimum Gasteiger partial charge on any atom is -0.451 e. The molecular weight excluding hydrogens is 319 g/mol. The smallest absolute Gasteiger partial charge is 0.358 e. The van der Waals surface area contributed by atoms with Gasteiger partial charge in [0.15, 0.2) is 12.3 Å². The Morgan fingerprint density at radius 3 is 2.65 bits per heavy atom. The lowest BCUT2D eigenvalue weighted by molar-refractivity contribution is -0.124. The first kappa shape index (κ1) is 17.1. The molecule has 0 saturated carbocycles. The summed E-state index contributed by atoms with van der Waals surface area (Å²) in [6, 6.07) is 5.83. The fourth-order valence-corrected chi connectivity index (χ4v) is 2.46. The van der Waals surface area contributed by atoms with Gasteiger partial charge < -0.3 is 10.1 Å². The molecule has 2 rings (SSSR count). The number of hydrogen-bond donors (Lipinski definition) is 1. The standard InChI is InChI=1S/C16H17FN2O3S/c1-10(2)7-18-14(20)8-22-16(21)13-9-23-15(19-13)11-3-5-12(17)6-4-11/h3-6,9-10H,7-8H2,1-2H3,(H,18,20). The molecule has 1 aromatic heterocycles. The molecule has 1 aromatic carbocycles. The highest BCUT2D eigenvalue weighted by Crippen LogP contribution is 2.24. The van der Waals surface area contributed by atoms with Gasteiger partial charge in [-0.3, -0.25) is 4.79 Å². The molecule has 0 spiro atoms. The molecule has 1 N–H and O–H groups in total. The summed E-state index contributed by atoms with van der Waals surface area (Å²) in [5, 5.41) is 4.79. The second-order valence-electron chi connectivity index (χ2n) is 5.32. The van der Waals surface area contributed by atoms with Crippen LogP contribution in [-0.4, -0.2) is 30.0 Å². The fraction of sp³-hybridized carbons (Fsp3) is 0.312. The first-order chi connectivity index (χ1) is 11.0. The van der Waals surface area contributed by atoms with Gasteiger partial charge in [-0.25, -0.2) is 14.2 Å². The van der Waals surface area contributed by atoms with Crippen molar-refractivity contribution in [2.75, 3.05) is 13.2 Å². The maximum absolute atomic E-state index is 12.9. The molecule has 0 fully saturated rings. The summed E-state index contributed by atoms with van der Waals surface area (Å²) in [4.78, 5) is 27.5. The van der Waals surface area contributed by atoms with Crippen LogP contribution < -0.4 is 5.32 Å². The zero-order valence-corrected chi connectivity index (χ0v) is 13.7. The fourth-order valence-electron chi connectivity index (χ4n) is 1.67. The van der Waals surface area contributed by atoms with Crippen LogP contribution in [0, 0.1) is 11.7 Å². The summed E-state index contributed by atoms with van der Waals surface area (Å²) in [6.07, 6.45) is 0. The molecule has 1 amide bonds. The van der Waals surface area contributed by atoms with Crippen LogP contribution >= 0.6 is 11.3 Å². The van der Waals surface area contributed by atoms with Crippen molar-refractivity contribution in [1.29, 1.82) is 0 Å². The molecule has 0 aliphatic carbocycles. The second-order valence-corrected chi connectivity index (χ2v) is 6.18. The van der Waals surface area contributed by atoms with Crippen LogP contribution in [0.4, 0.5) is 4.39 Å². The highest BCUT2D eigenvalue weighted by atomic mass is 32.1. The Kier molecular flexibility index (Phi) is 5.81. The van der Waals surface area contributed by atoms with Gasteiger partial charge in [-0.15, -0.1) is 11.3 Å². The second kappa shape index (κ2) is 7.82. The molecule has 0 aliphatic heterocycles. The molecule has 0 aliphatic rings. The number of hydrogen-bond acceptors (Lipinski definition) is 5. The Balaban J connectivity index is 1.91. The highest BCUT2D eigenvalue weighted by molar-refractivity contribution is 7.13. The minimum absolute atomic E-state index is 0.131. The van der Waals surface area contributed by atoms with E-state index >= 15 is 0 Å². The lowest BCUT2D eigenvalue weighted by Crippen LogP contribution is -2.31. The summed E-state index contributed by atoms with van der Waals surface area (Å²) in [7, 11) is 0. The number of aromatic nitrogens is 1. The molecule has 0 atom stereocenters. The molecule has 0 saturated heterocycles. The normalized spacial score (nSPS) is 10.6. The molecule has 0 bridgehead atoms. The van der Waals surface area contributed by atoms with Gasteiger partial charge in [0.2, 0.25) is 0 Å². The molecule has 122 valence electrons. The number of nitrogens with one attached hydrogen (secondary N) is 1. The van der Waals surface area contributed by atoms with Crippen molar-refractivity contribution in [1.82, 2.24) is 10.3 Å². The van der Waals surface area contributed by atoms with Gasteiger partial charge >= 0.3 is 5.97 Å². The maximum atomic E-state index is 12.9. The summed E-state index contributed by atoms with van der Waals surface area (Å²) in [5.74, 6) is -1.01. The number of benzene rings is 1. The number of esters is 1. The van der Waals surface area contributed by atoms with E-state index in [1.807, 2.05) is 13.8 Å². The van der Waals surface area contributed by atoms with Crippen molar-refractivity contribution >= 4 is 23.2 Å². The van der Waals surface area contributed by atoms with E-state index in [9.17, 15) is 14.0 Å². The average molecular weight is 336 g/mol. The molecular formula is C16H17FN2O3S. The Hall–Kier alpha value is -2.28. The van der Waals surface area contributed by atoms with E-state index in [0.29, 0.717) is 23.0 Å². The third-order valence-electron chi connectivity index (χ3n) is 2.85. The van der Waals surface area contributed by atoms with Crippen molar-refractivity contribution < 1.29 is 18.7 Å². The summed E-state index contributed by atoms with van der Waals surface area (Å²) < 4.78 is 17.8. The van der Waals surface area contributed by atoms with Gasteiger partial charge in [0.05, 0.1) is 0 Å². The van der Waals surface area contributed by atoms with Crippen LogP contribution in [0.5, 0.6) is 0 Å². The Labute approximate surface area is 137 Å². The number of nitrogens with zero attached hydrogens (tertiary/aromatic N) is 1. The van der Waals surface area contributed by atoms with Gasteiger partial charge in [0, 0.05) is 17.5 Å². The Bertz CT molecular complexity index is 683. The van der Waals surface area contributed by atoms with Crippen molar-refractivity contribution in [3.8, 4) is 10.6 Å². The number of rotatable bonds is 6. The number of carbonyl (C=O) groups excluding carboxylic acids is 2. The number of thiazole rings is 1. The molecule has 5 nitrogen and oxygen atoms in total.